The van der Waals surface area contributed by atoms with E-state index in [1.807, 2.05) is 0 Å². The molecule has 120 valence electrons. The molecular formula is C15H17F3N2O2. The van der Waals surface area contributed by atoms with Crippen LogP contribution >= 0.6 is 0 Å². The van der Waals surface area contributed by atoms with Gasteiger partial charge in [-0.05, 0) is 36.1 Å². The summed E-state index contributed by atoms with van der Waals surface area (Å²) >= 11 is 0. The smallest absolute Gasteiger partial charge is 0.416 e. The van der Waals surface area contributed by atoms with Gasteiger partial charge in [0.15, 0.2) is 0 Å². The van der Waals surface area contributed by atoms with E-state index in [1.54, 1.807) is 27.7 Å². The van der Waals surface area contributed by atoms with E-state index in [2.05, 4.69) is 10.2 Å². The van der Waals surface area contributed by atoms with E-state index in [1.165, 1.54) is 6.07 Å². The van der Waals surface area contributed by atoms with Crippen LogP contribution in [-0.4, -0.2) is 15.3 Å². The summed E-state index contributed by atoms with van der Waals surface area (Å²) in [6.45, 7) is 6.92. The van der Waals surface area contributed by atoms with Crippen molar-refractivity contribution < 1.29 is 22.7 Å². The van der Waals surface area contributed by atoms with Crippen molar-refractivity contribution in [1.82, 2.24) is 10.2 Å². The number of rotatable bonds is 2. The van der Waals surface area contributed by atoms with Gasteiger partial charge in [-0.2, -0.15) is 13.2 Å². The Hall–Kier alpha value is -1.89. The fraction of sp³-hybridized carbons (Fsp3) is 0.467. The monoisotopic (exact) mass is 314 g/mol. The van der Waals surface area contributed by atoms with Crippen molar-refractivity contribution >= 4 is 0 Å². The molecule has 1 heterocycles. The van der Waals surface area contributed by atoms with Gasteiger partial charge in [0.1, 0.15) is 6.10 Å². The lowest BCUT2D eigenvalue weighted by molar-refractivity contribution is -0.137. The van der Waals surface area contributed by atoms with E-state index in [0.29, 0.717) is 5.56 Å². The van der Waals surface area contributed by atoms with Gasteiger partial charge in [0.2, 0.25) is 11.8 Å². The Morgan fingerprint density at radius 1 is 1.09 bits per heavy atom. The molecule has 0 saturated carbocycles. The zero-order valence-corrected chi connectivity index (χ0v) is 12.7. The first-order valence-electron chi connectivity index (χ1n) is 6.69. The summed E-state index contributed by atoms with van der Waals surface area (Å²) in [5, 5.41) is 17.6. The van der Waals surface area contributed by atoms with Gasteiger partial charge >= 0.3 is 6.18 Å². The first kappa shape index (κ1) is 16.5. The van der Waals surface area contributed by atoms with Crippen LogP contribution in [-0.2, 0) is 6.18 Å². The second-order valence-electron chi connectivity index (χ2n) is 6.30. The molecule has 1 aromatic heterocycles. The number of aliphatic hydroxyl groups is 1. The minimum absolute atomic E-state index is 0.0161. The second-order valence-corrected chi connectivity index (χ2v) is 6.30. The molecule has 1 N–H and O–H groups in total. The predicted molar refractivity (Wildman–Crippen MR) is 73.9 cm³/mol. The minimum Gasteiger partial charge on any atom is -0.418 e. The summed E-state index contributed by atoms with van der Waals surface area (Å²) in [7, 11) is 0. The average molecular weight is 314 g/mol. The highest BCUT2D eigenvalue weighted by molar-refractivity contribution is 5.56. The molecule has 22 heavy (non-hydrogen) atoms. The van der Waals surface area contributed by atoms with Gasteiger partial charge in [-0.15, -0.1) is 10.2 Å². The molecule has 1 aromatic carbocycles. The Kier molecular flexibility index (Phi) is 4.04. The highest BCUT2D eigenvalue weighted by Gasteiger charge is 2.32. The Bertz CT molecular complexity index is 672. The molecule has 0 bridgehead atoms. The number of aromatic nitrogens is 2. The Balaban J connectivity index is 2.42. The van der Waals surface area contributed by atoms with Gasteiger partial charge in [0, 0.05) is 5.56 Å². The van der Waals surface area contributed by atoms with E-state index < -0.39 is 23.3 Å². The van der Waals surface area contributed by atoms with Crippen molar-refractivity contribution in [3.8, 4) is 11.5 Å². The summed E-state index contributed by atoms with van der Waals surface area (Å²) in [5.41, 5.74) is -0.695. The van der Waals surface area contributed by atoms with Gasteiger partial charge in [-0.3, -0.25) is 0 Å². The average Bonchev–Trinajstić information content (AvgIpc) is 2.84. The van der Waals surface area contributed by atoms with E-state index in [0.717, 1.165) is 12.1 Å². The molecule has 0 unspecified atom stereocenters. The topological polar surface area (TPSA) is 59.2 Å². The fourth-order valence-electron chi connectivity index (χ4n) is 1.90. The maximum absolute atomic E-state index is 12.8. The first-order valence-corrected chi connectivity index (χ1v) is 6.69. The Morgan fingerprint density at radius 3 is 2.27 bits per heavy atom. The lowest BCUT2D eigenvalue weighted by atomic mass is 9.89. The third kappa shape index (κ3) is 3.47. The van der Waals surface area contributed by atoms with Gasteiger partial charge in [-0.25, -0.2) is 0 Å². The Labute approximate surface area is 126 Å². The standard InChI is InChI=1S/C15H17F3N2O2/c1-8-5-9(7-10(6-8)15(16,17)18)12-19-20-13(22-12)11(21)14(2,3)4/h5-7,11,21H,1-4H3/t11-/m0/s1. The van der Waals surface area contributed by atoms with Crippen molar-refractivity contribution in [2.24, 2.45) is 5.41 Å². The summed E-state index contributed by atoms with van der Waals surface area (Å²) in [5.74, 6) is -0.0648. The van der Waals surface area contributed by atoms with Crippen LogP contribution in [0.25, 0.3) is 11.5 Å². The van der Waals surface area contributed by atoms with Crippen LogP contribution in [0.5, 0.6) is 0 Å². The van der Waals surface area contributed by atoms with Crippen LogP contribution in [0.15, 0.2) is 22.6 Å². The molecule has 2 aromatic rings. The predicted octanol–water partition coefficient (Wildman–Crippen LogP) is 4.14. The van der Waals surface area contributed by atoms with Crippen LogP contribution < -0.4 is 0 Å². The molecule has 4 nitrogen and oxygen atoms in total. The number of aliphatic hydroxyl groups excluding tert-OH is 1. The highest BCUT2D eigenvalue weighted by atomic mass is 19.4. The SMILES string of the molecule is Cc1cc(-c2nnc([C@H](O)C(C)(C)C)o2)cc(C(F)(F)F)c1. The number of hydrogen-bond acceptors (Lipinski definition) is 4. The number of benzene rings is 1. The number of hydrogen-bond donors (Lipinski definition) is 1. The molecule has 0 radical (unpaired) electrons. The molecule has 2 rings (SSSR count). The van der Waals surface area contributed by atoms with Crippen molar-refractivity contribution in [1.29, 1.82) is 0 Å². The number of aryl methyl sites for hydroxylation is 1. The summed E-state index contributed by atoms with van der Waals surface area (Å²) in [4.78, 5) is 0. The molecule has 0 saturated heterocycles. The van der Waals surface area contributed by atoms with E-state index >= 15 is 0 Å². The van der Waals surface area contributed by atoms with Gasteiger partial charge in [0.25, 0.3) is 0 Å². The van der Waals surface area contributed by atoms with Crippen LogP contribution in [0.3, 0.4) is 0 Å². The molecular weight excluding hydrogens is 297 g/mol. The molecule has 0 amide bonds. The van der Waals surface area contributed by atoms with Crippen molar-refractivity contribution in [2.75, 3.05) is 0 Å². The molecule has 0 aliphatic carbocycles. The molecule has 0 fully saturated rings. The van der Waals surface area contributed by atoms with E-state index in [-0.39, 0.29) is 17.3 Å². The maximum atomic E-state index is 12.8. The third-order valence-corrected chi connectivity index (χ3v) is 3.15. The van der Waals surface area contributed by atoms with Crippen LogP contribution in [0.1, 0.15) is 43.9 Å². The Morgan fingerprint density at radius 2 is 1.73 bits per heavy atom. The van der Waals surface area contributed by atoms with Crippen LogP contribution in [0.4, 0.5) is 13.2 Å². The number of nitrogens with zero attached hydrogens (tertiary/aromatic N) is 2. The zero-order chi connectivity index (χ0) is 16.7. The highest BCUT2D eigenvalue weighted by Crippen LogP contribution is 2.35. The number of halogens is 3. The zero-order valence-electron chi connectivity index (χ0n) is 12.7. The van der Waals surface area contributed by atoms with Gasteiger partial charge in [-0.1, -0.05) is 20.8 Å². The van der Waals surface area contributed by atoms with Gasteiger partial charge in [0.05, 0.1) is 5.56 Å². The van der Waals surface area contributed by atoms with E-state index in [9.17, 15) is 18.3 Å². The van der Waals surface area contributed by atoms with Crippen molar-refractivity contribution in [2.45, 2.75) is 40.0 Å². The molecule has 0 aliphatic rings. The summed E-state index contributed by atoms with van der Waals surface area (Å²) in [6, 6.07) is 3.52. The normalized spacial score (nSPS) is 14.2. The van der Waals surface area contributed by atoms with Crippen molar-refractivity contribution in [3.63, 3.8) is 0 Å². The minimum atomic E-state index is -4.45. The first-order chi connectivity index (χ1) is 9.98. The van der Waals surface area contributed by atoms with Crippen LogP contribution in [0, 0.1) is 12.3 Å². The third-order valence-electron chi connectivity index (χ3n) is 3.15. The lowest BCUT2D eigenvalue weighted by Gasteiger charge is -2.22. The molecule has 7 heteroatoms. The van der Waals surface area contributed by atoms with Crippen molar-refractivity contribution in [3.05, 3.63) is 35.2 Å². The maximum Gasteiger partial charge on any atom is 0.416 e. The second kappa shape index (κ2) is 5.39. The fourth-order valence-corrected chi connectivity index (χ4v) is 1.90. The molecule has 0 aliphatic heterocycles. The molecule has 0 spiro atoms. The summed E-state index contributed by atoms with van der Waals surface area (Å²) < 4.78 is 43.9. The summed E-state index contributed by atoms with van der Waals surface area (Å²) in [6.07, 6.45) is -5.45. The molecule has 1 atom stereocenters. The van der Waals surface area contributed by atoms with Gasteiger partial charge < -0.3 is 9.52 Å². The lowest BCUT2D eigenvalue weighted by Crippen LogP contribution is -2.18. The number of alkyl halides is 3. The van der Waals surface area contributed by atoms with Crippen LogP contribution in [0.2, 0.25) is 0 Å². The van der Waals surface area contributed by atoms with E-state index in [4.69, 9.17) is 4.42 Å². The quantitative estimate of drug-likeness (QED) is 0.905. The largest absolute Gasteiger partial charge is 0.418 e.